The minimum Gasteiger partial charge on any atom is -0.324 e. The predicted molar refractivity (Wildman–Crippen MR) is 112 cm³/mol. The number of carbonyl (C=O) groups is 3. The molecule has 1 saturated heterocycles. The number of nitrogens with zero attached hydrogens (tertiary/aromatic N) is 1. The molecule has 2 aromatic rings. The number of hydrogen-bond acceptors (Lipinski definition) is 4. The van der Waals surface area contributed by atoms with Crippen LogP contribution in [-0.4, -0.2) is 28.5 Å². The molecule has 0 bridgehead atoms. The molecule has 0 aromatic heterocycles. The molecule has 1 aliphatic rings. The largest absolute Gasteiger partial charge is 0.324 e. The third-order valence-corrected chi connectivity index (χ3v) is 5.46. The summed E-state index contributed by atoms with van der Waals surface area (Å²) in [6.45, 7) is -0.441. The van der Waals surface area contributed by atoms with Gasteiger partial charge in [0.05, 0.1) is 9.93 Å². The van der Waals surface area contributed by atoms with Gasteiger partial charge in [0.15, 0.2) is 0 Å². The summed E-state index contributed by atoms with van der Waals surface area (Å²) in [7, 11) is 0. The first-order valence-electron chi connectivity index (χ1n) is 7.59. The van der Waals surface area contributed by atoms with Crippen molar-refractivity contribution in [3.05, 3.63) is 67.3 Å². The van der Waals surface area contributed by atoms with Crippen LogP contribution in [0.3, 0.4) is 0 Å². The Morgan fingerprint density at radius 3 is 2.59 bits per heavy atom. The lowest BCUT2D eigenvalue weighted by molar-refractivity contribution is -0.127. The zero-order chi connectivity index (χ0) is 19.6. The van der Waals surface area contributed by atoms with E-state index in [1.54, 1.807) is 6.08 Å². The van der Waals surface area contributed by atoms with Crippen LogP contribution in [0.25, 0.3) is 6.08 Å². The molecule has 2 aromatic carbocycles. The molecule has 3 amide bonds. The highest BCUT2D eigenvalue weighted by Crippen LogP contribution is 2.32. The summed E-state index contributed by atoms with van der Waals surface area (Å²) >= 11 is 8.61. The van der Waals surface area contributed by atoms with E-state index in [1.807, 2.05) is 24.3 Å². The van der Waals surface area contributed by atoms with E-state index in [1.165, 1.54) is 12.1 Å². The third kappa shape index (κ3) is 4.88. The number of imide groups is 1. The summed E-state index contributed by atoms with van der Waals surface area (Å²) in [5, 5.41) is 1.82. The third-order valence-electron chi connectivity index (χ3n) is 3.55. The molecule has 1 N–H and O–H groups in total. The average molecular weight is 517 g/mol. The van der Waals surface area contributed by atoms with E-state index in [0.29, 0.717) is 0 Å². The second kappa shape index (κ2) is 8.41. The number of hydrogen-bond donors (Lipinski definition) is 1. The zero-order valence-electron chi connectivity index (χ0n) is 13.5. The van der Waals surface area contributed by atoms with Gasteiger partial charge in [-0.1, -0.05) is 23.7 Å². The molecular formula is C18H11ClFIN2O3S. The van der Waals surface area contributed by atoms with E-state index in [0.717, 1.165) is 31.9 Å². The molecule has 9 heteroatoms. The van der Waals surface area contributed by atoms with E-state index < -0.39 is 29.4 Å². The van der Waals surface area contributed by atoms with Crippen molar-refractivity contribution in [1.29, 1.82) is 0 Å². The Balaban J connectivity index is 1.68. The lowest BCUT2D eigenvalue weighted by atomic mass is 10.2. The summed E-state index contributed by atoms with van der Waals surface area (Å²) < 4.78 is 14.2. The average Bonchev–Trinajstić information content (AvgIpc) is 2.87. The van der Waals surface area contributed by atoms with E-state index in [9.17, 15) is 18.8 Å². The van der Waals surface area contributed by atoms with E-state index in [-0.39, 0.29) is 15.6 Å². The van der Waals surface area contributed by atoms with Gasteiger partial charge in [0.2, 0.25) is 5.91 Å². The van der Waals surface area contributed by atoms with Crippen LogP contribution in [-0.2, 0) is 9.59 Å². The Labute approximate surface area is 177 Å². The molecule has 1 aliphatic heterocycles. The van der Waals surface area contributed by atoms with Crippen LogP contribution in [0.4, 0.5) is 14.9 Å². The molecule has 5 nitrogen and oxygen atoms in total. The zero-order valence-corrected chi connectivity index (χ0v) is 17.3. The van der Waals surface area contributed by atoms with Gasteiger partial charge in [0, 0.05) is 9.26 Å². The van der Waals surface area contributed by atoms with E-state index in [2.05, 4.69) is 27.9 Å². The van der Waals surface area contributed by atoms with Crippen molar-refractivity contribution in [2.75, 3.05) is 11.9 Å². The van der Waals surface area contributed by atoms with Gasteiger partial charge in [-0.2, -0.15) is 0 Å². The first-order valence-corrected chi connectivity index (χ1v) is 9.86. The van der Waals surface area contributed by atoms with Gasteiger partial charge in [0.25, 0.3) is 11.1 Å². The molecule has 27 heavy (non-hydrogen) atoms. The highest BCUT2D eigenvalue weighted by atomic mass is 127. The van der Waals surface area contributed by atoms with Gasteiger partial charge in [0.1, 0.15) is 12.4 Å². The second-order valence-corrected chi connectivity index (χ2v) is 8.14. The van der Waals surface area contributed by atoms with Gasteiger partial charge in [-0.15, -0.1) is 0 Å². The topological polar surface area (TPSA) is 66.5 Å². The molecule has 0 unspecified atom stereocenters. The Morgan fingerprint density at radius 1 is 1.22 bits per heavy atom. The number of carbonyl (C=O) groups excluding carboxylic acids is 3. The summed E-state index contributed by atoms with van der Waals surface area (Å²) in [5.74, 6) is -1.73. The minimum absolute atomic E-state index is 0.139. The number of rotatable bonds is 4. The number of benzene rings is 2. The van der Waals surface area contributed by atoms with Gasteiger partial charge in [-0.25, -0.2) is 4.39 Å². The fourth-order valence-electron chi connectivity index (χ4n) is 2.26. The van der Waals surface area contributed by atoms with Gasteiger partial charge in [-0.05, 0) is 76.3 Å². The molecule has 1 fully saturated rings. The van der Waals surface area contributed by atoms with Crippen molar-refractivity contribution >= 4 is 74.8 Å². The van der Waals surface area contributed by atoms with Gasteiger partial charge in [-0.3, -0.25) is 19.3 Å². The maximum Gasteiger partial charge on any atom is 0.294 e. The highest BCUT2D eigenvalue weighted by molar-refractivity contribution is 14.1. The van der Waals surface area contributed by atoms with Crippen LogP contribution in [0.5, 0.6) is 0 Å². The van der Waals surface area contributed by atoms with Crippen LogP contribution >= 0.6 is 46.0 Å². The lowest BCUT2D eigenvalue weighted by Gasteiger charge is -2.12. The maximum absolute atomic E-state index is 13.2. The predicted octanol–water partition coefficient (Wildman–Crippen LogP) is 4.76. The molecule has 1 heterocycles. The molecule has 0 saturated carbocycles. The van der Waals surface area contributed by atoms with Gasteiger partial charge < -0.3 is 5.32 Å². The number of anilines is 1. The molecule has 0 spiro atoms. The summed E-state index contributed by atoms with van der Waals surface area (Å²) in [6, 6.07) is 11.1. The van der Waals surface area contributed by atoms with Gasteiger partial charge >= 0.3 is 0 Å². The fraction of sp³-hybridized carbons (Fsp3) is 0.0556. The SMILES string of the molecule is O=C(CN1C(=O)S/C(=C\c2ccc(I)cc2)C1=O)Nc1ccc(F)c(Cl)c1. The normalized spacial score (nSPS) is 15.5. The van der Waals surface area contributed by atoms with E-state index >= 15 is 0 Å². The Bertz CT molecular complexity index is 966. The van der Waals surface area contributed by atoms with E-state index in [4.69, 9.17) is 11.6 Å². The van der Waals surface area contributed by atoms with Crippen molar-refractivity contribution in [2.24, 2.45) is 0 Å². The van der Waals surface area contributed by atoms with Crippen molar-refractivity contribution in [2.45, 2.75) is 0 Å². The fourth-order valence-corrected chi connectivity index (χ4v) is 3.64. The Kier molecular flexibility index (Phi) is 6.18. The standard InChI is InChI=1S/C18H11ClFIN2O3S/c19-13-8-12(5-6-14(13)20)22-16(24)9-23-17(25)15(27-18(23)26)7-10-1-3-11(21)4-2-10/h1-8H,9H2,(H,22,24)/b15-7-. The van der Waals surface area contributed by atoms with Crippen LogP contribution in [0.2, 0.25) is 5.02 Å². The maximum atomic E-state index is 13.2. The first-order chi connectivity index (χ1) is 12.8. The van der Waals surface area contributed by atoms with Crippen LogP contribution in [0.15, 0.2) is 47.4 Å². The van der Waals surface area contributed by atoms with Crippen LogP contribution < -0.4 is 5.32 Å². The number of halogens is 3. The molecular weight excluding hydrogens is 506 g/mol. The molecule has 0 radical (unpaired) electrons. The Morgan fingerprint density at radius 2 is 1.93 bits per heavy atom. The molecule has 3 rings (SSSR count). The van der Waals surface area contributed by atoms with Crippen molar-refractivity contribution in [1.82, 2.24) is 4.90 Å². The number of nitrogens with one attached hydrogen (secondary N) is 1. The quantitative estimate of drug-likeness (QED) is 0.470. The minimum atomic E-state index is -0.610. The second-order valence-electron chi connectivity index (χ2n) is 5.50. The summed E-state index contributed by atoms with van der Waals surface area (Å²) in [4.78, 5) is 37.8. The Hall–Kier alpha value is -1.91. The van der Waals surface area contributed by atoms with Crippen molar-refractivity contribution in [3.63, 3.8) is 0 Å². The van der Waals surface area contributed by atoms with Crippen molar-refractivity contribution < 1.29 is 18.8 Å². The number of amides is 3. The molecule has 0 aliphatic carbocycles. The summed E-state index contributed by atoms with van der Waals surface area (Å²) in [6.07, 6.45) is 1.61. The number of thioether (sulfide) groups is 1. The summed E-state index contributed by atoms with van der Waals surface area (Å²) in [5.41, 5.74) is 1.05. The van der Waals surface area contributed by atoms with Crippen LogP contribution in [0, 0.1) is 9.39 Å². The monoisotopic (exact) mass is 516 g/mol. The van der Waals surface area contributed by atoms with Crippen LogP contribution in [0.1, 0.15) is 5.56 Å². The highest BCUT2D eigenvalue weighted by Gasteiger charge is 2.36. The smallest absolute Gasteiger partial charge is 0.294 e. The first kappa shape index (κ1) is 19.8. The van der Waals surface area contributed by atoms with Crippen molar-refractivity contribution in [3.8, 4) is 0 Å². The lowest BCUT2D eigenvalue weighted by Crippen LogP contribution is -2.36. The molecule has 138 valence electrons. The molecule has 0 atom stereocenters.